The third kappa shape index (κ3) is 3.14. The maximum Gasteiger partial charge on any atom is 0.292 e. The van der Waals surface area contributed by atoms with Gasteiger partial charge in [-0.05, 0) is 55.0 Å². The van der Waals surface area contributed by atoms with Crippen molar-refractivity contribution in [1.29, 1.82) is 0 Å². The predicted octanol–water partition coefficient (Wildman–Crippen LogP) is 3.21. The normalized spacial score (nSPS) is 19.9. The van der Waals surface area contributed by atoms with Crippen LogP contribution < -0.4 is 10.2 Å². The van der Waals surface area contributed by atoms with Gasteiger partial charge in [0.2, 0.25) is 0 Å². The first-order valence-corrected chi connectivity index (χ1v) is 8.08. The van der Waals surface area contributed by atoms with E-state index in [2.05, 4.69) is 23.2 Å². The number of benzene rings is 1. The van der Waals surface area contributed by atoms with Gasteiger partial charge in [-0.3, -0.25) is 10.1 Å². The number of nitrogens with zero attached hydrogens (tertiary/aromatic N) is 2. The highest BCUT2D eigenvalue weighted by Crippen LogP contribution is 2.34. The summed E-state index contributed by atoms with van der Waals surface area (Å²) in [5.41, 5.74) is 3.43. The summed E-state index contributed by atoms with van der Waals surface area (Å²) in [5.74, 6) is 0.714. The van der Waals surface area contributed by atoms with Crippen LogP contribution in [0.15, 0.2) is 24.3 Å². The summed E-state index contributed by atoms with van der Waals surface area (Å²) in [5, 5.41) is 14.7. The van der Waals surface area contributed by atoms with E-state index in [0.29, 0.717) is 5.92 Å². The highest BCUT2D eigenvalue weighted by molar-refractivity contribution is 5.74. The van der Waals surface area contributed by atoms with Gasteiger partial charge in [0.05, 0.1) is 4.92 Å². The van der Waals surface area contributed by atoms with Crippen LogP contribution in [0, 0.1) is 16.0 Å². The first-order chi connectivity index (χ1) is 10.6. The molecule has 0 atom stereocenters. The van der Waals surface area contributed by atoms with Crippen LogP contribution in [0.2, 0.25) is 0 Å². The number of piperidine rings is 1. The molecule has 0 amide bonds. The molecule has 2 heterocycles. The Hall–Kier alpha value is -1.88. The molecule has 1 aromatic carbocycles. The first-order valence-electron chi connectivity index (χ1n) is 8.08. The van der Waals surface area contributed by atoms with Gasteiger partial charge in [-0.1, -0.05) is 13.0 Å². The lowest BCUT2D eigenvalue weighted by Crippen LogP contribution is -2.33. The van der Waals surface area contributed by atoms with Gasteiger partial charge < -0.3 is 10.2 Å². The van der Waals surface area contributed by atoms with Crippen molar-refractivity contribution in [1.82, 2.24) is 5.32 Å². The van der Waals surface area contributed by atoms with Crippen molar-refractivity contribution >= 4 is 16.9 Å². The van der Waals surface area contributed by atoms with Crippen LogP contribution >= 0.6 is 0 Å². The Morgan fingerprint density at radius 1 is 1.32 bits per heavy atom. The van der Waals surface area contributed by atoms with E-state index in [9.17, 15) is 10.1 Å². The Balaban J connectivity index is 1.94. The largest absolute Gasteiger partial charge is 0.366 e. The Labute approximate surface area is 131 Å². The van der Waals surface area contributed by atoms with Gasteiger partial charge in [0.15, 0.2) is 0 Å². The molecule has 0 saturated carbocycles. The molecule has 5 nitrogen and oxygen atoms in total. The monoisotopic (exact) mass is 301 g/mol. The minimum atomic E-state index is -0.256. The van der Waals surface area contributed by atoms with Crippen molar-refractivity contribution in [2.24, 2.45) is 5.92 Å². The highest BCUT2D eigenvalue weighted by Gasteiger charge is 2.24. The Morgan fingerprint density at radius 2 is 2.09 bits per heavy atom. The fraction of sp³-hybridized carbons (Fsp3) is 0.529. The van der Waals surface area contributed by atoms with Crippen molar-refractivity contribution in [2.75, 3.05) is 31.1 Å². The quantitative estimate of drug-likeness (QED) is 0.688. The molecule has 5 heteroatoms. The summed E-state index contributed by atoms with van der Waals surface area (Å²) in [4.78, 5) is 13.3. The molecule has 0 aliphatic carbocycles. The molecule has 0 unspecified atom stereocenters. The zero-order valence-corrected chi connectivity index (χ0v) is 13.0. The number of rotatable bonds is 3. The molecule has 1 fully saturated rings. The molecule has 1 saturated heterocycles. The first kappa shape index (κ1) is 15.0. The highest BCUT2D eigenvalue weighted by atomic mass is 16.6. The average molecular weight is 301 g/mol. The number of nitro groups is 1. The van der Waals surface area contributed by atoms with Crippen molar-refractivity contribution in [2.45, 2.75) is 26.2 Å². The van der Waals surface area contributed by atoms with Gasteiger partial charge in [0, 0.05) is 25.7 Å². The number of anilines is 1. The van der Waals surface area contributed by atoms with Crippen LogP contribution in [0.5, 0.6) is 0 Å². The zero-order valence-electron chi connectivity index (χ0n) is 13.0. The minimum Gasteiger partial charge on any atom is -0.366 e. The molecule has 2 aliphatic heterocycles. The summed E-state index contributed by atoms with van der Waals surface area (Å²) in [7, 11) is 0. The average Bonchev–Trinajstić information content (AvgIpc) is 2.56. The maximum absolute atomic E-state index is 11.4. The number of nitrogens with one attached hydrogen (secondary N) is 1. The summed E-state index contributed by atoms with van der Waals surface area (Å²) < 4.78 is 0. The molecule has 118 valence electrons. The van der Waals surface area contributed by atoms with Crippen LogP contribution in [-0.4, -0.2) is 31.1 Å². The van der Waals surface area contributed by atoms with Gasteiger partial charge in [0.25, 0.3) is 5.69 Å². The lowest BCUT2D eigenvalue weighted by molar-refractivity contribution is -0.384. The fourth-order valence-corrected chi connectivity index (χ4v) is 3.27. The molecule has 0 aromatic heterocycles. The van der Waals surface area contributed by atoms with Crippen LogP contribution in [0.3, 0.4) is 0 Å². The van der Waals surface area contributed by atoms with E-state index in [-0.39, 0.29) is 10.6 Å². The van der Waals surface area contributed by atoms with E-state index in [1.165, 1.54) is 5.57 Å². The van der Waals surface area contributed by atoms with Crippen molar-refractivity contribution in [3.8, 4) is 0 Å². The second-order valence-electron chi connectivity index (χ2n) is 6.31. The lowest BCUT2D eigenvalue weighted by Gasteiger charge is -2.32. The number of nitro benzene ring substituents is 1. The van der Waals surface area contributed by atoms with Gasteiger partial charge in [-0.15, -0.1) is 0 Å². The third-order valence-corrected chi connectivity index (χ3v) is 4.73. The standard InChI is InChI=1S/C17H23N3O2/c1-13-6-10-19(11-7-13)17-12-15(2-3-16(17)20(21)22)14-4-8-18-9-5-14/h2-4,12-13,18H,5-11H2,1H3. The SMILES string of the molecule is CC1CCN(c2cc(C3=CCNCC3)ccc2[N+](=O)[O-])CC1. The van der Waals surface area contributed by atoms with E-state index in [4.69, 9.17) is 0 Å². The van der Waals surface area contributed by atoms with Gasteiger partial charge >= 0.3 is 0 Å². The van der Waals surface area contributed by atoms with Crippen LogP contribution in [0.1, 0.15) is 31.7 Å². The third-order valence-electron chi connectivity index (χ3n) is 4.73. The van der Waals surface area contributed by atoms with Crippen LogP contribution in [-0.2, 0) is 0 Å². The zero-order chi connectivity index (χ0) is 15.5. The maximum atomic E-state index is 11.4. The Kier molecular flexibility index (Phi) is 4.43. The van der Waals surface area contributed by atoms with Crippen molar-refractivity contribution < 1.29 is 4.92 Å². The molecule has 0 bridgehead atoms. The molecule has 1 N–H and O–H groups in total. The van der Waals surface area contributed by atoms with Crippen LogP contribution in [0.25, 0.3) is 5.57 Å². The van der Waals surface area contributed by atoms with E-state index in [0.717, 1.165) is 56.7 Å². The molecular weight excluding hydrogens is 278 g/mol. The number of hydrogen-bond acceptors (Lipinski definition) is 4. The van der Waals surface area contributed by atoms with Gasteiger partial charge in [-0.2, -0.15) is 0 Å². The molecular formula is C17H23N3O2. The van der Waals surface area contributed by atoms with E-state index in [1.54, 1.807) is 6.07 Å². The van der Waals surface area contributed by atoms with Crippen molar-refractivity contribution in [3.63, 3.8) is 0 Å². The van der Waals surface area contributed by atoms with Gasteiger partial charge in [-0.25, -0.2) is 0 Å². The Morgan fingerprint density at radius 3 is 2.73 bits per heavy atom. The van der Waals surface area contributed by atoms with Crippen molar-refractivity contribution in [3.05, 3.63) is 40.0 Å². The smallest absolute Gasteiger partial charge is 0.292 e. The molecule has 0 spiro atoms. The van der Waals surface area contributed by atoms with Crippen LogP contribution in [0.4, 0.5) is 11.4 Å². The second-order valence-corrected chi connectivity index (χ2v) is 6.31. The lowest BCUT2D eigenvalue weighted by atomic mass is 9.96. The summed E-state index contributed by atoms with van der Waals surface area (Å²) in [6.45, 7) is 5.92. The summed E-state index contributed by atoms with van der Waals surface area (Å²) >= 11 is 0. The molecule has 2 aliphatic rings. The van der Waals surface area contributed by atoms with E-state index < -0.39 is 0 Å². The number of hydrogen-bond donors (Lipinski definition) is 1. The fourth-order valence-electron chi connectivity index (χ4n) is 3.27. The second kappa shape index (κ2) is 6.48. The molecule has 3 rings (SSSR count). The van der Waals surface area contributed by atoms with E-state index in [1.807, 2.05) is 12.1 Å². The van der Waals surface area contributed by atoms with E-state index >= 15 is 0 Å². The summed E-state index contributed by atoms with van der Waals surface area (Å²) in [6, 6.07) is 5.59. The Bertz CT molecular complexity index is 590. The predicted molar refractivity (Wildman–Crippen MR) is 89.2 cm³/mol. The topological polar surface area (TPSA) is 58.4 Å². The summed E-state index contributed by atoms with van der Waals surface area (Å²) in [6.07, 6.45) is 5.38. The minimum absolute atomic E-state index is 0.229. The molecule has 0 radical (unpaired) electrons. The van der Waals surface area contributed by atoms with Gasteiger partial charge in [0.1, 0.15) is 5.69 Å². The molecule has 22 heavy (non-hydrogen) atoms. The molecule has 1 aromatic rings.